The SMILES string of the molecule is Cc1cc2c(C#N)c(-c3ncc(S(=O)(=O)NC(C)C)cn3)n(C3CCCC3)c2cc1Cl. The van der Waals surface area contributed by atoms with Crippen molar-refractivity contribution in [3.8, 4) is 17.6 Å². The van der Waals surface area contributed by atoms with Crippen molar-refractivity contribution in [2.24, 2.45) is 0 Å². The maximum absolute atomic E-state index is 12.4. The molecule has 1 N–H and O–H groups in total. The maximum Gasteiger partial charge on any atom is 0.243 e. The lowest BCUT2D eigenvalue weighted by Crippen LogP contribution is -2.30. The topological polar surface area (TPSA) is 101 Å². The molecule has 1 aliphatic carbocycles. The first-order chi connectivity index (χ1) is 14.7. The fourth-order valence-electron chi connectivity index (χ4n) is 4.27. The van der Waals surface area contributed by atoms with Crippen molar-refractivity contribution >= 4 is 32.5 Å². The Bertz CT molecular complexity index is 1280. The molecule has 0 aliphatic heterocycles. The highest BCUT2D eigenvalue weighted by Crippen LogP contribution is 2.41. The fraction of sp³-hybridized carbons (Fsp3) is 0.409. The van der Waals surface area contributed by atoms with Gasteiger partial charge in [-0.15, -0.1) is 0 Å². The van der Waals surface area contributed by atoms with E-state index < -0.39 is 10.0 Å². The Kier molecular flexibility index (Phi) is 5.77. The lowest BCUT2D eigenvalue weighted by molar-refractivity contribution is 0.538. The Balaban J connectivity index is 1.93. The number of hydrogen-bond acceptors (Lipinski definition) is 5. The molecule has 31 heavy (non-hydrogen) atoms. The van der Waals surface area contributed by atoms with Crippen molar-refractivity contribution in [3.05, 3.63) is 40.7 Å². The number of nitrogens with zero attached hydrogens (tertiary/aromatic N) is 4. The van der Waals surface area contributed by atoms with Crippen LogP contribution in [-0.4, -0.2) is 29.0 Å². The number of halogens is 1. The minimum absolute atomic E-state index is 0.00845. The second-order valence-electron chi connectivity index (χ2n) is 8.28. The summed E-state index contributed by atoms with van der Waals surface area (Å²) in [6, 6.07) is 6.13. The van der Waals surface area contributed by atoms with Crippen LogP contribution in [0.4, 0.5) is 0 Å². The van der Waals surface area contributed by atoms with Crippen LogP contribution in [0.3, 0.4) is 0 Å². The summed E-state index contributed by atoms with van der Waals surface area (Å²) in [4.78, 5) is 8.73. The van der Waals surface area contributed by atoms with Crippen LogP contribution in [0.2, 0.25) is 5.02 Å². The minimum Gasteiger partial charge on any atom is -0.334 e. The first-order valence-electron chi connectivity index (χ1n) is 10.3. The Morgan fingerprint density at radius 3 is 2.45 bits per heavy atom. The third-order valence-corrected chi connectivity index (χ3v) is 7.65. The summed E-state index contributed by atoms with van der Waals surface area (Å²) in [6.07, 6.45) is 6.82. The van der Waals surface area contributed by atoms with E-state index in [2.05, 4.69) is 25.3 Å². The van der Waals surface area contributed by atoms with Gasteiger partial charge >= 0.3 is 0 Å². The standard InChI is InChI=1S/C22H24ClN5O2S/c1-13(2)27-31(29,30)16-11-25-22(26-12-16)21-18(10-24)17-8-14(3)19(23)9-20(17)28(21)15-6-4-5-7-15/h8-9,11-13,15,27H,4-7H2,1-3H3. The largest absolute Gasteiger partial charge is 0.334 e. The molecule has 7 nitrogen and oxygen atoms in total. The molecule has 0 saturated heterocycles. The van der Waals surface area contributed by atoms with Gasteiger partial charge in [0, 0.05) is 22.5 Å². The highest BCUT2D eigenvalue weighted by atomic mass is 35.5. The third kappa shape index (κ3) is 3.93. The number of aromatic nitrogens is 3. The molecule has 2 aromatic heterocycles. The van der Waals surface area contributed by atoms with Gasteiger partial charge in [0.25, 0.3) is 0 Å². The molecule has 9 heteroatoms. The monoisotopic (exact) mass is 457 g/mol. The number of hydrogen-bond donors (Lipinski definition) is 1. The van der Waals surface area contributed by atoms with Crippen LogP contribution >= 0.6 is 11.6 Å². The van der Waals surface area contributed by atoms with E-state index >= 15 is 0 Å². The van der Waals surface area contributed by atoms with Crippen molar-refractivity contribution in [1.82, 2.24) is 19.3 Å². The minimum atomic E-state index is -3.70. The zero-order valence-electron chi connectivity index (χ0n) is 17.7. The van der Waals surface area contributed by atoms with Crippen molar-refractivity contribution in [3.63, 3.8) is 0 Å². The van der Waals surface area contributed by atoms with Gasteiger partial charge in [0.1, 0.15) is 16.7 Å². The molecule has 0 amide bonds. The predicted molar refractivity (Wildman–Crippen MR) is 120 cm³/mol. The van der Waals surface area contributed by atoms with Gasteiger partial charge in [-0.2, -0.15) is 5.26 Å². The summed E-state index contributed by atoms with van der Waals surface area (Å²) in [5, 5.41) is 11.5. The molecule has 1 aromatic carbocycles. The molecule has 1 saturated carbocycles. The molecule has 162 valence electrons. The number of nitrogens with one attached hydrogen (secondary N) is 1. The first-order valence-corrected chi connectivity index (χ1v) is 12.2. The van der Waals surface area contributed by atoms with Gasteiger partial charge < -0.3 is 4.57 Å². The average molecular weight is 458 g/mol. The Hall–Kier alpha value is -2.47. The maximum atomic E-state index is 12.4. The van der Waals surface area contributed by atoms with E-state index in [0.717, 1.165) is 42.1 Å². The zero-order valence-corrected chi connectivity index (χ0v) is 19.3. The molecule has 0 unspecified atom stereocenters. The van der Waals surface area contributed by atoms with Gasteiger partial charge in [-0.25, -0.2) is 23.1 Å². The van der Waals surface area contributed by atoms with Crippen LogP contribution < -0.4 is 4.72 Å². The number of nitriles is 1. The van der Waals surface area contributed by atoms with E-state index in [-0.39, 0.29) is 17.0 Å². The number of rotatable bonds is 5. The van der Waals surface area contributed by atoms with Crippen LogP contribution in [0.15, 0.2) is 29.4 Å². The fourth-order valence-corrected chi connectivity index (χ4v) is 5.57. The second kappa shape index (κ2) is 8.23. The molecule has 0 spiro atoms. The number of fused-ring (bicyclic) bond motifs is 1. The van der Waals surface area contributed by atoms with Crippen LogP contribution in [0.5, 0.6) is 0 Å². The summed E-state index contributed by atoms with van der Waals surface area (Å²) in [5.41, 5.74) is 2.88. The summed E-state index contributed by atoms with van der Waals surface area (Å²) in [6.45, 7) is 5.41. The van der Waals surface area contributed by atoms with E-state index in [1.54, 1.807) is 13.8 Å². The molecule has 1 fully saturated rings. The lowest BCUT2D eigenvalue weighted by Gasteiger charge is -2.18. The van der Waals surface area contributed by atoms with Crippen LogP contribution in [0, 0.1) is 18.3 Å². The molecular weight excluding hydrogens is 434 g/mol. The number of benzene rings is 1. The molecule has 4 rings (SSSR count). The molecular formula is C22H24ClN5O2S. The van der Waals surface area contributed by atoms with Gasteiger partial charge in [0.05, 0.1) is 23.5 Å². The van der Waals surface area contributed by atoms with E-state index in [9.17, 15) is 13.7 Å². The predicted octanol–water partition coefficient (Wildman–Crippen LogP) is 4.73. The summed E-state index contributed by atoms with van der Waals surface area (Å²) < 4.78 is 29.5. The molecule has 0 atom stereocenters. The van der Waals surface area contributed by atoms with Crippen molar-refractivity contribution in [1.29, 1.82) is 5.26 Å². The van der Waals surface area contributed by atoms with Gasteiger partial charge in [0.15, 0.2) is 5.82 Å². The molecule has 1 aliphatic rings. The van der Waals surface area contributed by atoms with E-state index in [0.29, 0.717) is 22.1 Å². The normalized spacial score (nSPS) is 15.1. The van der Waals surface area contributed by atoms with Crippen molar-refractivity contribution in [2.45, 2.75) is 63.4 Å². The number of aryl methyl sites for hydroxylation is 1. The van der Waals surface area contributed by atoms with Gasteiger partial charge in [-0.1, -0.05) is 24.4 Å². The highest BCUT2D eigenvalue weighted by Gasteiger charge is 2.28. The van der Waals surface area contributed by atoms with Crippen LogP contribution in [0.1, 0.15) is 56.7 Å². The van der Waals surface area contributed by atoms with E-state index in [4.69, 9.17) is 11.6 Å². The Morgan fingerprint density at radius 2 is 1.87 bits per heavy atom. The van der Waals surface area contributed by atoms with E-state index in [1.165, 1.54) is 12.4 Å². The van der Waals surface area contributed by atoms with Crippen LogP contribution in [-0.2, 0) is 10.0 Å². The summed E-state index contributed by atoms with van der Waals surface area (Å²) in [7, 11) is -3.70. The van der Waals surface area contributed by atoms with E-state index in [1.807, 2.05) is 19.1 Å². The average Bonchev–Trinajstić information content (AvgIpc) is 3.33. The van der Waals surface area contributed by atoms with Gasteiger partial charge in [0.2, 0.25) is 10.0 Å². The molecule has 0 bridgehead atoms. The lowest BCUT2D eigenvalue weighted by atomic mass is 10.1. The molecule has 0 radical (unpaired) electrons. The number of sulfonamides is 1. The zero-order chi connectivity index (χ0) is 22.3. The first kappa shape index (κ1) is 21.8. The molecule has 2 heterocycles. The van der Waals surface area contributed by atoms with Crippen LogP contribution in [0.25, 0.3) is 22.4 Å². The smallest absolute Gasteiger partial charge is 0.243 e. The van der Waals surface area contributed by atoms with Gasteiger partial charge in [-0.3, -0.25) is 0 Å². The Labute approximate surface area is 187 Å². The highest BCUT2D eigenvalue weighted by molar-refractivity contribution is 7.89. The third-order valence-electron chi connectivity index (χ3n) is 5.63. The quantitative estimate of drug-likeness (QED) is 0.596. The van der Waals surface area contributed by atoms with Crippen molar-refractivity contribution in [2.75, 3.05) is 0 Å². The van der Waals surface area contributed by atoms with Gasteiger partial charge in [-0.05, 0) is 51.3 Å². The molecule has 3 aromatic rings. The second-order valence-corrected chi connectivity index (χ2v) is 10.4. The Morgan fingerprint density at radius 1 is 1.23 bits per heavy atom. The van der Waals surface area contributed by atoms with Crippen molar-refractivity contribution < 1.29 is 8.42 Å². The summed E-state index contributed by atoms with van der Waals surface area (Å²) >= 11 is 6.43. The summed E-state index contributed by atoms with van der Waals surface area (Å²) in [5.74, 6) is 0.330.